The minimum Gasteiger partial charge on any atom is -0.311 e. The predicted octanol–water partition coefficient (Wildman–Crippen LogP) is 18.0. The standard InChI is InChI=1S/C67H48N2/c1-7-23-49(24-8-1)50-39-43-58(44-40-50)69(65-38-22-20-35-59(65)51-25-9-2-10-26-51)66-48-64-62(60-36-19-21-37-63(60)67(64,53-27-11-3-12-28-53)54-29-13-4-14-30-54)47-61(66)52-41-45-57(46-42-52)68(55-31-15-5-16-32-55)56-33-17-6-18-34-56/h1-48H. The number of rotatable bonds is 11. The molecular formula is C67H48N2. The first-order chi connectivity index (χ1) is 34.3. The Kier molecular flexibility index (Phi) is 10.8. The number of benzene rings is 11. The van der Waals surface area contributed by atoms with E-state index < -0.39 is 5.41 Å². The van der Waals surface area contributed by atoms with Gasteiger partial charge in [0.1, 0.15) is 0 Å². The molecule has 0 N–H and O–H groups in total. The van der Waals surface area contributed by atoms with E-state index in [1.165, 1.54) is 44.5 Å². The van der Waals surface area contributed by atoms with Crippen molar-refractivity contribution in [1.82, 2.24) is 0 Å². The maximum atomic E-state index is 2.52. The summed E-state index contributed by atoms with van der Waals surface area (Å²) in [6.07, 6.45) is 0. The van der Waals surface area contributed by atoms with Crippen molar-refractivity contribution in [2.24, 2.45) is 0 Å². The van der Waals surface area contributed by atoms with E-state index in [0.717, 1.165) is 56.4 Å². The van der Waals surface area contributed by atoms with Gasteiger partial charge in [0, 0.05) is 33.9 Å². The highest BCUT2D eigenvalue weighted by Crippen LogP contribution is 2.59. The lowest BCUT2D eigenvalue weighted by Gasteiger charge is -2.36. The minimum absolute atomic E-state index is 0.598. The Bertz CT molecular complexity index is 3420. The second-order valence-corrected chi connectivity index (χ2v) is 17.6. The quantitative estimate of drug-likeness (QED) is 0.128. The van der Waals surface area contributed by atoms with E-state index >= 15 is 0 Å². The molecule has 0 amide bonds. The van der Waals surface area contributed by atoms with Gasteiger partial charge in [-0.3, -0.25) is 0 Å². The molecule has 0 heterocycles. The van der Waals surface area contributed by atoms with Gasteiger partial charge >= 0.3 is 0 Å². The van der Waals surface area contributed by atoms with Crippen LogP contribution in [-0.4, -0.2) is 0 Å². The van der Waals surface area contributed by atoms with Crippen LogP contribution in [-0.2, 0) is 5.41 Å². The highest BCUT2D eigenvalue weighted by molar-refractivity contribution is 5.99. The third-order valence-corrected chi connectivity index (χ3v) is 13.7. The second kappa shape index (κ2) is 18.0. The van der Waals surface area contributed by atoms with Crippen LogP contribution >= 0.6 is 0 Å². The van der Waals surface area contributed by atoms with Gasteiger partial charge in [-0.05, 0) is 122 Å². The maximum Gasteiger partial charge on any atom is 0.0714 e. The average Bonchev–Trinajstić information content (AvgIpc) is 3.73. The monoisotopic (exact) mass is 880 g/mol. The SMILES string of the molecule is c1ccc(-c2ccc(N(c3ccccc3-c3ccccc3)c3cc4c(cc3-c3ccc(N(c5ccccc5)c5ccccc5)cc3)-c3ccccc3C4(c3ccccc3)c3ccccc3)cc2)cc1. The average molecular weight is 881 g/mol. The summed E-state index contributed by atoms with van der Waals surface area (Å²) in [5.74, 6) is 0. The summed E-state index contributed by atoms with van der Waals surface area (Å²) >= 11 is 0. The molecule has 0 saturated carbocycles. The van der Waals surface area contributed by atoms with Crippen LogP contribution in [0.3, 0.4) is 0 Å². The first-order valence-electron chi connectivity index (χ1n) is 23.8. The smallest absolute Gasteiger partial charge is 0.0714 e. The lowest BCUT2D eigenvalue weighted by atomic mass is 9.67. The molecule has 326 valence electrons. The molecule has 0 unspecified atom stereocenters. The third kappa shape index (κ3) is 7.40. The summed E-state index contributed by atoms with van der Waals surface area (Å²) < 4.78 is 0. The highest BCUT2D eigenvalue weighted by Gasteiger charge is 2.47. The second-order valence-electron chi connectivity index (χ2n) is 17.6. The van der Waals surface area contributed by atoms with Crippen LogP contribution < -0.4 is 9.80 Å². The van der Waals surface area contributed by atoms with Crippen molar-refractivity contribution in [2.45, 2.75) is 5.41 Å². The Morgan fingerprint density at radius 1 is 0.217 bits per heavy atom. The number of hydrogen-bond acceptors (Lipinski definition) is 2. The molecule has 0 radical (unpaired) electrons. The van der Waals surface area contributed by atoms with Gasteiger partial charge < -0.3 is 9.80 Å². The molecular weight excluding hydrogens is 833 g/mol. The van der Waals surface area contributed by atoms with Crippen molar-refractivity contribution >= 4 is 34.1 Å². The first kappa shape index (κ1) is 41.5. The number of anilines is 6. The van der Waals surface area contributed by atoms with Crippen LogP contribution in [0.15, 0.2) is 291 Å². The molecule has 2 nitrogen and oxygen atoms in total. The summed E-state index contributed by atoms with van der Waals surface area (Å²) in [6.45, 7) is 0. The van der Waals surface area contributed by atoms with Gasteiger partial charge in [0.05, 0.1) is 16.8 Å². The van der Waals surface area contributed by atoms with E-state index in [-0.39, 0.29) is 0 Å². The van der Waals surface area contributed by atoms with Gasteiger partial charge in [0.25, 0.3) is 0 Å². The van der Waals surface area contributed by atoms with Crippen LogP contribution in [0.25, 0.3) is 44.5 Å². The van der Waals surface area contributed by atoms with Crippen LogP contribution in [0.2, 0.25) is 0 Å². The lowest BCUT2D eigenvalue weighted by Crippen LogP contribution is -2.28. The van der Waals surface area contributed by atoms with E-state index in [4.69, 9.17) is 0 Å². The Balaban J connectivity index is 1.16. The van der Waals surface area contributed by atoms with Gasteiger partial charge in [-0.25, -0.2) is 0 Å². The Morgan fingerprint density at radius 2 is 0.609 bits per heavy atom. The molecule has 1 aliphatic carbocycles. The summed E-state index contributed by atoms with van der Waals surface area (Å²) in [6, 6.07) is 106. The van der Waals surface area contributed by atoms with Gasteiger partial charge in [-0.2, -0.15) is 0 Å². The fourth-order valence-electron chi connectivity index (χ4n) is 10.7. The fraction of sp³-hybridized carbons (Fsp3) is 0.0149. The topological polar surface area (TPSA) is 6.48 Å². The van der Waals surface area contributed by atoms with E-state index in [9.17, 15) is 0 Å². The normalized spacial score (nSPS) is 12.2. The van der Waals surface area contributed by atoms with Crippen molar-refractivity contribution < 1.29 is 0 Å². The largest absolute Gasteiger partial charge is 0.311 e. The lowest BCUT2D eigenvalue weighted by molar-refractivity contribution is 0.768. The van der Waals surface area contributed by atoms with Crippen LogP contribution in [0.5, 0.6) is 0 Å². The van der Waals surface area contributed by atoms with Gasteiger partial charge in [-0.15, -0.1) is 0 Å². The van der Waals surface area contributed by atoms with Crippen molar-refractivity contribution in [3.63, 3.8) is 0 Å². The molecule has 12 rings (SSSR count). The number of hydrogen-bond donors (Lipinski definition) is 0. The summed E-state index contributed by atoms with van der Waals surface area (Å²) in [7, 11) is 0. The van der Waals surface area contributed by atoms with E-state index in [2.05, 4.69) is 301 Å². The van der Waals surface area contributed by atoms with Gasteiger partial charge in [0.2, 0.25) is 0 Å². The zero-order valence-corrected chi connectivity index (χ0v) is 38.1. The first-order valence-corrected chi connectivity index (χ1v) is 23.8. The van der Waals surface area contributed by atoms with Gasteiger partial charge in [0.15, 0.2) is 0 Å². The zero-order valence-electron chi connectivity index (χ0n) is 38.1. The fourth-order valence-corrected chi connectivity index (χ4v) is 10.7. The van der Waals surface area contributed by atoms with Gasteiger partial charge in [-0.1, -0.05) is 224 Å². The maximum absolute atomic E-state index is 2.52. The van der Waals surface area contributed by atoms with E-state index in [0.29, 0.717) is 0 Å². The molecule has 2 heteroatoms. The highest BCUT2D eigenvalue weighted by atomic mass is 15.2. The van der Waals surface area contributed by atoms with Crippen molar-refractivity contribution in [3.05, 3.63) is 313 Å². The molecule has 0 fully saturated rings. The number of nitrogens with zero attached hydrogens (tertiary/aromatic N) is 2. The van der Waals surface area contributed by atoms with Crippen LogP contribution in [0.1, 0.15) is 22.3 Å². The van der Waals surface area contributed by atoms with Crippen molar-refractivity contribution in [2.75, 3.05) is 9.80 Å². The molecule has 1 aliphatic rings. The minimum atomic E-state index is -0.598. The van der Waals surface area contributed by atoms with E-state index in [1.807, 2.05) is 0 Å². The molecule has 0 bridgehead atoms. The summed E-state index contributed by atoms with van der Waals surface area (Å²) in [5.41, 5.74) is 20.3. The molecule has 0 aliphatic heterocycles. The molecule has 69 heavy (non-hydrogen) atoms. The van der Waals surface area contributed by atoms with E-state index in [1.54, 1.807) is 0 Å². The Labute approximate surface area is 405 Å². The number of fused-ring (bicyclic) bond motifs is 3. The predicted molar refractivity (Wildman–Crippen MR) is 289 cm³/mol. The zero-order chi connectivity index (χ0) is 46.0. The molecule has 0 saturated heterocycles. The summed E-state index contributed by atoms with van der Waals surface area (Å²) in [5, 5.41) is 0. The Hall–Kier alpha value is -8.98. The molecule has 11 aromatic rings. The number of para-hydroxylation sites is 3. The van der Waals surface area contributed by atoms with Crippen molar-refractivity contribution in [3.8, 4) is 44.5 Å². The molecule has 0 spiro atoms. The molecule has 0 atom stereocenters. The van der Waals surface area contributed by atoms with Crippen LogP contribution in [0, 0.1) is 0 Å². The molecule has 0 aromatic heterocycles. The summed E-state index contributed by atoms with van der Waals surface area (Å²) in [4.78, 5) is 4.83. The third-order valence-electron chi connectivity index (χ3n) is 13.7. The molecule has 11 aromatic carbocycles. The van der Waals surface area contributed by atoms with Crippen LogP contribution in [0.4, 0.5) is 34.1 Å². The Morgan fingerprint density at radius 3 is 1.17 bits per heavy atom. The van der Waals surface area contributed by atoms with Crippen molar-refractivity contribution in [1.29, 1.82) is 0 Å².